The highest BCUT2D eigenvalue weighted by atomic mass is 32.1. The van der Waals surface area contributed by atoms with Crippen molar-refractivity contribution in [1.82, 2.24) is 9.97 Å². The molecule has 0 saturated heterocycles. The Morgan fingerprint density at radius 2 is 1.46 bits per heavy atom. The number of carboxylic acids is 1. The Kier molecular flexibility index (Phi) is 9.03. The average molecular weight is 569 g/mol. The number of ether oxygens (including phenoxy) is 2. The zero-order valence-electron chi connectivity index (χ0n) is 21.9. The molecular weight excluding hydrogens is 540 g/mol. The van der Waals surface area contributed by atoms with E-state index in [-0.39, 0.29) is 43.0 Å². The number of nitrogens with zero attached hydrogens (tertiary/aromatic N) is 2. The van der Waals surface area contributed by atoms with Crippen LogP contribution in [0.2, 0.25) is 0 Å². The zero-order valence-corrected chi connectivity index (χ0v) is 23.5. The molecule has 4 aromatic rings. The third-order valence-corrected chi connectivity index (χ3v) is 8.37. The van der Waals surface area contributed by atoms with Gasteiger partial charge < -0.3 is 19.4 Å². The zero-order chi connectivity index (χ0) is 28.1. The average Bonchev–Trinajstić information content (AvgIpc) is 3.52. The van der Waals surface area contributed by atoms with Crippen molar-refractivity contribution in [1.29, 1.82) is 0 Å². The van der Waals surface area contributed by atoms with Crippen molar-refractivity contribution in [3.8, 4) is 11.5 Å². The fourth-order valence-corrected chi connectivity index (χ4v) is 6.11. The van der Waals surface area contributed by atoms with Crippen molar-refractivity contribution in [2.75, 3.05) is 14.2 Å². The molecule has 0 aliphatic rings. The Morgan fingerprint density at radius 3 is 2.15 bits per heavy atom. The number of aryl methyl sites for hydroxylation is 2. The van der Waals surface area contributed by atoms with Crippen molar-refractivity contribution >= 4 is 66.4 Å². The predicted octanol–water partition coefficient (Wildman–Crippen LogP) is 5.70. The minimum Gasteiger partial charge on any atom is -0.496 e. The third-order valence-electron chi connectivity index (χ3n) is 6.20. The predicted molar refractivity (Wildman–Crippen MR) is 150 cm³/mol. The van der Waals surface area contributed by atoms with Gasteiger partial charge in [0.2, 0.25) is 0 Å². The topological polar surface area (TPSA) is 133 Å². The van der Waals surface area contributed by atoms with Crippen LogP contribution in [0, 0.1) is 0 Å². The second kappa shape index (κ2) is 12.4. The first-order valence-corrected chi connectivity index (χ1v) is 14.0. The summed E-state index contributed by atoms with van der Waals surface area (Å²) in [5, 5.41) is 9.24. The van der Waals surface area contributed by atoms with Gasteiger partial charge in [-0.3, -0.25) is 14.4 Å². The van der Waals surface area contributed by atoms with E-state index in [4.69, 9.17) is 19.6 Å². The molecule has 3 aromatic heterocycles. The quantitative estimate of drug-likeness (QED) is 0.190. The SMILES string of the molecule is COc1cc2sc(C(=O)CCC(C)=O)nc2cc1CCCc1nc2cc(C(=O)CCC(=O)O)sc2cc1OC. The number of pyridine rings is 1. The van der Waals surface area contributed by atoms with Crippen LogP contribution in [0.3, 0.4) is 0 Å². The van der Waals surface area contributed by atoms with Crippen LogP contribution in [-0.4, -0.2) is 52.6 Å². The number of hydrogen-bond acceptors (Lipinski definition) is 10. The number of ketones is 3. The Hall–Kier alpha value is -3.70. The molecule has 0 amide bonds. The van der Waals surface area contributed by atoms with Crippen LogP contribution in [0.5, 0.6) is 11.5 Å². The number of carbonyl (C=O) groups excluding carboxylic acids is 3. The Balaban J connectivity index is 1.49. The number of benzene rings is 1. The monoisotopic (exact) mass is 568 g/mol. The third kappa shape index (κ3) is 6.85. The van der Waals surface area contributed by atoms with Gasteiger partial charge in [0.1, 0.15) is 17.3 Å². The highest BCUT2D eigenvalue weighted by Gasteiger charge is 2.18. The second-order valence-electron chi connectivity index (χ2n) is 9.08. The lowest BCUT2D eigenvalue weighted by Gasteiger charge is -2.10. The molecule has 0 aliphatic carbocycles. The van der Waals surface area contributed by atoms with E-state index in [9.17, 15) is 19.2 Å². The van der Waals surface area contributed by atoms with Crippen molar-refractivity contribution < 1.29 is 33.8 Å². The summed E-state index contributed by atoms with van der Waals surface area (Å²) < 4.78 is 12.8. The first-order valence-electron chi connectivity index (χ1n) is 12.4. The normalized spacial score (nSPS) is 11.2. The van der Waals surface area contributed by atoms with Gasteiger partial charge in [0, 0.05) is 25.3 Å². The lowest BCUT2D eigenvalue weighted by Crippen LogP contribution is -2.01. The van der Waals surface area contributed by atoms with Crippen LogP contribution in [-0.2, 0) is 22.4 Å². The van der Waals surface area contributed by atoms with E-state index in [1.165, 1.54) is 29.6 Å². The molecule has 1 aromatic carbocycles. The number of carbonyl (C=O) groups is 4. The summed E-state index contributed by atoms with van der Waals surface area (Å²) in [7, 11) is 3.18. The maximum atomic E-state index is 12.4. The van der Waals surface area contributed by atoms with Crippen molar-refractivity contribution in [3.63, 3.8) is 0 Å². The number of thiophene rings is 1. The van der Waals surface area contributed by atoms with E-state index < -0.39 is 5.97 Å². The molecule has 39 heavy (non-hydrogen) atoms. The number of fused-ring (bicyclic) bond motifs is 2. The summed E-state index contributed by atoms with van der Waals surface area (Å²) in [5.41, 5.74) is 3.12. The summed E-state index contributed by atoms with van der Waals surface area (Å²) in [6.45, 7) is 1.47. The van der Waals surface area contributed by atoms with Gasteiger partial charge in [-0.1, -0.05) is 0 Å². The second-order valence-corrected chi connectivity index (χ2v) is 11.2. The van der Waals surface area contributed by atoms with Gasteiger partial charge in [-0.05, 0) is 49.9 Å². The molecule has 11 heteroatoms. The molecular formula is C28H28N2O7S2. The fourth-order valence-electron chi connectivity index (χ4n) is 4.17. The number of aliphatic carboxylic acids is 1. The smallest absolute Gasteiger partial charge is 0.303 e. The van der Waals surface area contributed by atoms with Gasteiger partial charge >= 0.3 is 5.97 Å². The van der Waals surface area contributed by atoms with Crippen molar-refractivity contribution in [2.45, 2.75) is 51.9 Å². The molecule has 4 rings (SSSR count). The summed E-state index contributed by atoms with van der Waals surface area (Å²) >= 11 is 2.58. The molecule has 0 aliphatic heterocycles. The number of aromatic nitrogens is 2. The summed E-state index contributed by atoms with van der Waals surface area (Å²) in [6.07, 6.45) is 2.13. The molecule has 0 fully saturated rings. The Morgan fingerprint density at radius 1 is 0.795 bits per heavy atom. The molecule has 0 unspecified atom stereocenters. The van der Waals surface area contributed by atoms with Gasteiger partial charge in [0.15, 0.2) is 16.6 Å². The molecule has 0 radical (unpaired) electrons. The number of carboxylic acid groups (broad SMARTS) is 1. The van der Waals surface area contributed by atoms with Crippen molar-refractivity contribution in [2.24, 2.45) is 0 Å². The first kappa shape index (κ1) is 28.3. The largest absolute Gasteiger partial charge is 0.496 e. The van der Waals surface area contributed by atoms with Gasteiger partial charge in [-0.2, -0.15) is 0 Å². The van der Waals surface area contributed by atoms with E-state index >= 15 is 0 Å². The molecule has 0 atom stereocenters. The molecule has 3 heterocycles. The van der Waals surface area contributed by atoms with E-state index in [2.05, 4.69) is 4.98 Å². The lowest BCUT2D eigenvalue weighted by atomic mass is 10.0. The molecule has 204 valence electrons. The Labute approximate surface area is 232 Å². The van der Waals surface area contributed by atoms with Gasteiger partial charge in [-0.15, -0.1) is 22.7 Å². The van der Waals surface area contributed by atoms with Crippen LogP contribution in [0.4, 0.5) is 0 Å². The first-order chi connectivity index (χ1) is 18.7. The fraction of sp³-hybridized carbons (Fsp3) is 0.357. The van der Waals surface area contributed by atoms with Gasteiger partial charge in [-0.25, -0.2) is 9.97 Å². The highest BCUT2D eigenvalue weighted by molar-refractivity contribution is 7.21. The van der Waals surface area contributed by atoms with Crippen LogP contribution in [0.1, 0.15) is 69.8 Å². The minimum atomic E-state index is -1.00. The standard InChI is InChI=1S/C28H28N2O7S2/c1-15(31)7-8-21(33)28-30-18-11-16(22(36-2)13-25(18)39-28)5-4-6-17-23(37-3)14-24-19(29-17)12-26(38-24)20(32)9-10-27(34)35/h11-14H,4-10H2,1-3H3,(H,34,35). The summed E-state index contributed by atoms with van der Waals surface area (Å²) in [5.74, 6) is -0.0380. The van der Waals surface area contributed by atoms with Gasteiger partial charge in [0.05, 0.1) is 51.6 Å². The van der Waals surface area contributed by atoms with E-state index in [0.717, 1.165) is 32.6 Å². The maximum absolute atomic E-state index is 12.4. The summed E-state index contributed by atoms with van der Waals surface area (Å²) in [4.78, 5) is 56.6. The number of hydrogen-bond donors (Lipinski definition) is 1. The van der Waals surface area contributed by atoms with Crippen LogP contribution < -0.4 is 9.47 Å². The summed E-state index contributed by atoms with van der Waals surface area (Å²) in [6, 6.07) is 7.40. The van der Waals surface area contributed by atoms with Crippen LogP contribution in [0.15, 0.2) is 24.3 Å². The van der Waals surface area contributed by atoms with E-state index in [1.807, 2.05) is 18.2 Å². The van der Waals surface area contributed by atoms with E-state index in [1.54, 1.807) is 20.3 Å². The van der Waals surface area contributed by atoms with Gasteiger partial charge in [0.25, 0.3) is 0 Å². The van der Waals surface area contributed by atoms with Crippen LogP contribution in [0.25, 0.3) is 20.4 Å². The molecule has 0 saturated carbocycles. The van der Waals surface area contributed by atoms with Crippen molar-refractivity contribution in [3.05, 3.63) is 45.4 Å². The Bertz CT molecular complexity index is 1460. The highest BCUT2D eigenvalue weighted by Crippen LogP contribution is 2.33. The molecule has 0 bridgehead atoms. The minimum absolute atomic E-state index is 0.0256. The maximum Gasteiger partial charge on any atom is 0.303 e. The van der Waals surface area contributed by atoms with E-state index in [0.29, 0.717) is 39.7 Å². The molecule has 0 spiro atoms. The van der Waals surface area contributed by atoms with Crippen LogP contribution >= 0.6 is 22.7 Å². The lowest BCUT2D eigenvalue weighted by molar-refractivity contribution is -0.137. The number of Topliss-reactive ketones (excluding diaryl/α,β-unsaturated/α-hetero) is 3. The molecule has 1 N–H and O–H groups in total. The molecule has 9 nitrogen and oxygen atoms in total. The number of methoxy groups -OCH3 is 2. The number of rotatable bonds is 14. The number of thiazole rings is 1.